The lowest BCUT2D eigenvalue weighted by Crippen LogP contribution is -2.52. The molecule has 8 heteroatoms. The molecule has 0 spiro atoms. The number of ketones is 1. The Balaban J connectivity index is 1.58. The van der Waals surface area contributed by atoms with Gasteiger partial charge in [-0.2, -0.15) is 0 Å². The molecule has 1 aromatic carbocycles. The first kappa shape index (κ1) is 19.1. The number of piperazine rings is 1. The average molecular weight is 389 g/mol. The molecule has 2 aromatic rings. The summed E-state index contributed by atoms with van der Waals surface area (Å²) in [5.41, 5.74) is 0.558. The minimum atomic E-state index is -0.638. The first-order valence-electron chi connectivity index (χ1n) is 8.72. The van der Waals surface area contributed by atoms with Crippen molar-refractivity contribution in [1.29, 1.82) is 0 Å². The fourth-order valence-electron chi connectivity index (χ4n) is 2.98. The van der Waals surface area contributed by atoms with Gasteiger partial charge in [-0.1, -0.05) is 23.7 Å². The molecular weight excluding hydrogens is 368 g/mol. The molecule has 1 saturated heterocycles. The van der Waals surface area contributed by atoms with Gasteiger partial charge in [-0.15, -0.1) is 0 Å². The molecular formula is C19H21ClN4O3. The molecule has 0 radical (unpaired) electrons. The maximum absolute atomic E-state index is 12.7. The van der Waals surface area contributed by atoms with Crippen LogP contribution in [0.5, 0.6) is 5.75 Å². The van der Waals surface area contributed by atoms with E-state index in [4.69, 9.17) is 16.3 Å². The van der Waals surface area contributed by atoms with E-state index in [1.165, 1.54) is 13.3 Å². The van der Waals surface area contributed by atoms with Crippen LogP contribution in [0.4, 0.5) is 5.82 Å². The highest BCUT2D eigenvalue weighted by Gasteiger charge is 2.27. The quantitative estimate of drug-likeness (QED) is 0.732. The molecule has 0 saturated carbocycles. The summed E-state index contributed by atoms with van der Waals surface area (Å²) in [6, 6.07) is 6.86. The standard InChI is InChI=1S/C19H21ClN4O3/c1-13(25)15-4-3-5-16(10-15)27-14(2)19(26)24-8-6-23(7-9-24)18-17(20)11-21-12-22-18/h3-5,10-12,14H,6-9H2,1-2H3/t14-/m1/s1. The van der Waals surface area contributed by atoms with Crippen LogP contribution in [0.3, 0.4) is 0 Å². The largest absolute Gasteiger partial charge is 0.481 e. The number of Topliss-reactive ketones (excluding diaryl/α,β-unsaturated/α-hetero) is 1. The van der Waals surface area contributed by atoms with Gasteiger partial charge in [0.25, 0.3) is 5.91 Å². The number of amides is 1. The number of hydrogen-bond donors (Lipinski definition) is 0. The van der Waals surface area contributed by atoms with Crippen molar-refractivity contribution in [2.24, 2.45) is 0 Å². The number of nitrogens with zero attached hydrogens (tertiary/aromatic N) is 4. The SMILES string of the molecule is CC(=O)c1cccc(O[C@H](C)C(=O)N2CCN(c3ncncc3Cl)CC2)c1. The van der Waals surface area contributed by atoms with Gasteiger partial charge in [0.15, 0.2) is 17.7 Å². The Labute approximate surface area is 162 Å². The molecule has 2 heterocycles. The summed E-state index contributed by atoms with van der Waals surface area (Å²) in [5.74, 6) is 1.06. The first-order valence-corrected chi connectivity index (χ1v) is 9.10. The number of ether oxygens (including phenoxy) is 1. The van der Waals surface area contributed by atoms with Crippen LogP contribution in [0, 0.1) is 0 Å². The van der Waals surface area contributed by atoms with Gasteiger partial charge in [0.05, 0.1) is 6.20 Å². The number of aromatic nitrogens is 2. The predicted molar refractivity (Wildman–Crippen MR) is 102 cm³/mol. The van der Waals surface area contributed by atoms with Gasteiger partial charge in [-0.05, 0) is 26.0 Å². The van der Waals surface area contributed by atoms with Crippen molar-refractivity contribution in [3.05, 3.63) is 47.4 Å². The second-order valence-electron chi connectivity index (χ2n) is 6.35. The zero-order valence-corrected chi connectivity index (χ0v) is 16.0. The second-order valence-corrected chi connectivity index (χ2v) is 6.76. The fraction of sp³-hybridized carbons (Fsp3) is 0.368. The third-order valence-corrected chi connectivity index (χ3v) is 4.71. The molecule has 0 bridgehead atoms. The number of halogens is 1. The van der Waals surface area contributed by atoms with Gasteiger partial charge >= 0.3 is 0 Å². The third-order valence-electron chi connectivity index (χ3n) is 4.44. The third kappa shape index (κ3) is 4.54. The van der Waals surface area contributed by atoms with Crippen molar-refractivity contribution in [1.82, 2.24) is 14.9 Å². The Hall–Kier alpha value is -2.67. The lowest BCUT2D eigenvalue weighted by molar-refractivity contribution is -0.138. The van der Waals surface area contributed by atoms with Gasteiger partial charge in [0.2, 0.25) is 0 Å². The van der Waals surface area contributed by atoms with E-state index in [2.05, 4.69) is 9.97 Å². The van der Waals surface area contributed by atoms with Gasteiger partial charge < -0.3 is 14.5 Å². The molecule has 7 nitrogen and oxygen atoms in total. The zero-order valence-electron chi connectivity index (χ0n) is 15.3. The summed E-state index contributed by atoms with van der Waals surface area (Å²) in [6.07, 6.45) is 2.39. The predicted octanol–water partition coefficient (Wildman–Crippen LogP) is 2.45. The highest BCUT2D eigenvalue weighted by atomic mass is 35.5. The topological polar surface area (TPSA) is 75.6 Å². The Kier molecular flexibility index (Phi) is 5.91. The molecule has 0 aliphatic carbocycles. The van der Waals surface area contributed by atoms with E-state index < -0.39 is 6.10 Å². The van der Waals surface area contributed by atoms with Crippen molar-refractivity contribution in [3.63, 3.8) is 0 Å². The highest BCUT2D eigenvalue weighted by molar-refractivity contribution is 6.32. The molecule has 1 aromatic heterocycles. The second kappa shape index (κ2) is 8.35. The monoisotopic (exact) mass is 388 g/mol. The molecule has 3 rings (SSSR count). The van der Waals surface area contributed by atoms with Crippen LogP contribution in [-0.4, -0.2) is 58.8 Å². The van der Waals surface area contributed by atoms with Crippen LogP contribution in [0.25, 0.3) is 0 Å². The summed E-state index contributed by atoms with van der Waals surface area (Å²) in [7, 11) is 0. The van der Waals surface area contributed by atoms with Crippen LogP contribution in [-0.2, 0) is 4.79 Å². The van der Waals surface area contributed by atoms with E-state index >= 15 is 0 Å². The van der Waals surface area contributed by atoms with Crippen molar-refractivity contribution >= 4 is 29.1 Å². The van der Waals surface area contributed by atoms with E-state index in [-0.39, 0.29) is 11.7 Å². The van der Waals surface area contributed by atoms with Crippen LogP contribution >= 0.6 is 11.6 Å². The molecule has 1 fully saturated rings. The zero-order chi connectivity index (χ0) is 19.4. The summed E-state index contributed by atoms with van der Waals surface area (Å²) < 4.78 is 5.75. The summed E-state index contributed by atoms with van der Waals surface area (Å²) in [5, 5.41) is 0.499. The van der Waals surface area contributed by atoms with Gasteiger partial charge in [-0.25, -0.2) is 9.97 Å². The number of benzene rings is 1. The molecule has 1 aliphatic heterocycles. The van der Waals surface area contributed by atoms with Crippen molar-refractivity contribution in [3.8, 4) is 5.75 Å². The van der Waals surface area contributed by atoms with Crippen LogP contribution < -0.4 is 9.64 Å². The number of hydrogen-bond acceptors (Lipinski definition) is 6. The summed E-state index contributed by atoms with van der Waals surface area (Å²) >= 11 is 6.14. The van der Waals surface area contributed by atoms with Crippen molar-refractivity contribution in [2.75, 3.05) is 31.1 Å². The van der Waals surface area contributed by atoms with Crippen LogP contribution in [0.2, 0.25) is 5.02 Å². The first-order chi connectivity index (χ1) is 13.0. The molecule has 0 unspecified atom stereocenters. The summed E-state index contributed by atoms with van der Waals surface area (Å²) in [6.45, 7) is 5.60. The maximum Gasteiger partial charge on any atom is 0.263 e. The van der Waals surface area contributed by atoms with E-state index in [9.17, 15) is 9.59 Å². The van der Waals surface area contributed by atoms with Crippen LogP contribution in [0.1, 0.15) is 24.2 Å². The minimum Gasteiger partial charge on any atom is -0.481 e. The van der Waals surface area contributed by atoms with Crippen molar-refractivity contribution < 1.29 is 14.3 Å². The Morgan fingerprint density at radius 1 is 1.22 bits per heavy atom. The lowest BCUT2D eigenvalue weighted by Gasteiger charge is -2.36. The van der Waals surface area contributed by atoms with E-state index in [1.807, 2.05) is 4.90 Å². The lowest BCUT2D eigenvalue weighted by atomic mass is 10.1. The average Bonchev–Trinajstić information content (AvgIpc) is 2.68. The molecule has 1 aliphatic rings. The van der Waals surface area contributed by atoms with Gasteiger partial charge in [0, 0.05) is 31.7 Å². The molecule has 1 atom stereocenters. The Bertz CT molecular complexity index is 837. The normalized spacial score (nSPS) is 15.4. The fourth-order valence-corrected chi connectivity index (χ4v) is 3.20. The minimum absolute atomic E-state index is 0.0427. The van der Waals surface area contributed by atoms with Gasteiger partial charge in [0.1, 0.15) is 17.1 Å². The number of anilines is 1. The smallest absolute Gasteiger partial charge is 0.263 e. The Morgan fingerprint density at radius 3 is 2.63 bits per heavy atom. The maximum atomic E-state index is 12.7. The van der Waals surface area contributed by atoms with Crippen LogP contribution in [0.15, 0.2) is 36.8 Å². The van der Waals surface area contributed by atoms with E-state index in [1.54, 1.807) is 42.3 Å². The molecule has 142 valence electrons. The highest BCUT2D eigenvalue weighted by Crippen LogP contribution is 2.23. The van der Waals surface area contributed by atoms with E-state index in [0.717, 1.165) is 0 Å². The number of carbonyl (C=O) groups is 2. The van der Waals surface area contributed by atoms with Crippen molar-refractivity contribution in [2.45, 2.75) is 20.0 Å². The number of carbonyl (C=O) groups excluding carboxylic acids is 2. The van der Waals surface area contributed by atoms with E-state index in [0.29, 0.717) is 48.3 Å². The molecule has 1 amide bonds. The van der Waals surface area contributed by atoms with Gasteiger partial charge in [-0.3, -0.25) is 9.59 Å². The molecule has 0 N–H and O–H groups in total. The number of rotatable bonds is 5. The Morgan fingerprint density at radius 2 is 1.96 bits per heavy atom. The molecule has 27 heavy (non-hydrogen) atoms. The summed E-state index contributed by atoms with van der Waals surface area (Å²) in [4.78, 5) is 36.1.